The molecule has 0 saturated carbocycles. The van der Waals surface area contributed by atoms with Gasteiger partial charge in [-0.2, -0.15) is 9.78 Å². The van der Waals surface area contributed by atoms with Crippen LogP contribution in [0.2, 0.25) is 0 Å². The Morgan fingerprint density at radius 2 is 1.74 bits per heavy atom. The maximum absolute atomic E-state index is 13.5. The molecule has 1 aliphatic carbocycles. The van der Waals surface area contributed by atoms with E-state index in [0.717, 1.165) is 45.9 Å². The lowest BCUT2D eigenvalue weighted by Crippen LogP contribution is -2.17. The van der Waals surface area contributed by atoms with Gasteiger partial charge in [0.15, 0.2) is 11.5 Å². The summed E-state index contributed by atoms with van der Waals surface area (Å²) < 4.78 is 20.2. The zero-order valence-electron chi connectivity index (χ0n) is 20.1. The predicted molar refractivity (Wildman–Crippen MR) is 137 cm³/mol. The molecule has 1 N–H and O–H groups in total. The van der Waals surface area contributed by atoms with E-state index in [9.17, 15) is 4.79 Å². The van der Waals surface area contributed by atoms with E-state index in [1.807, 2.05) is 45.0 Å². The van der Waals surface area contributed by atoms with Crippen molar-refractivity contribution in [3.8, 4) is 22.4 Å². The van der Waals surface area contributed by atoms with E-state index in [1.54, 1.807) is 28.2 Å². The van der Waals surface area contributed by atoms with E-state index < -0.39 is 0 Å². The van der Waals surface area contributed by atoms with Crippen LogP contribution in [0.3, 0.4) is 0 Å². The van der Waals surface area contributed by atoms with Gasteiger partial charge in [0.2, 0.25) is 10.9 Å². The van der Waals surface area contributed by atoms with E-state index in [4.69, 9.17) is 24.3 Å². The van der Waals surface area contributed by atoms with Gasteiger partial charge >= 0.3 is 0 Å². The fourth-order valence-corrected chi connectivity index (χ4v) is 5.23. The summed E-state index contributed by atoms with van der Waals surface area (Å²) in [4.78, 5) is 18.3. The molecular formula is C26H28N4O4S. The Kier molecular flexibility index (Phi) is 6.59. The number of anilines is 1. The van der Waals surface area contributed by atoms with Crippen molar-refractivity contribution in [1.29, 1.82) is 0 Å². The molecule has 2 aromatic carbocycles. The van der Waals surface area contributed by atoms with E-state index in [-0.39, 0.29) is 5.91 Å². The predicted octanol–water partition coefficient (Wildman–Crippen LogP) is 5.42. The highest BCUT2D eigenvalue weighted by molar-refractivity contribution is 7.20. The standard InChI is InChI=1S/C26H28N4O4S/c1-4-32-20-14-16(15-21(33-5-2)23(20)34-6-3)25(31)28-24-17-10-9-12-18(17)29-30(24)26-27-19-11-7-8-13-22(19)35-26/h7-8,11,13-15H,4-6,9-10,12H2,1-3H3,(H,28,31). The fourth-order valence-electron chi connectivity index (χ4n) is 4.31. The zero-order valence-corrected chi connectivity index (χ0v) is 20.9. The number of aryl methyl sites for hydroxylation is 1. The second kappa shape index (κ2) is 9.95. The molecule has 0 radical (unpaired) electrons. The first-order valence-corrected chi connectivity index (χ1v) is 12.8. The first kappa shape index (κ1) is 23.2. The largest absolute Gasteiger partial charge is 0.490 e. The number of benzene rings is 2. The van der Waals surface area contributed by atoms with Crippen molar-refractivity contribution in [3.05, 3.63) is 53.2 Å². The average molecular weight is 493 g/mol. The van der Waals surface area contributed by atoms with E-state index in [1.165, 1.54) is 0 Å². The second-order valence-electron chi connectivity index (χ2n) is 8.06. The van der Waals surface area contributed by atoms with Gasteiger partial charge in [-0.3, -0.25) is 4.79 Å². The summed E-state index contributed by atoms with van der Waals surface area (Å²) >= 11 is 1.55. The second-order valence-corrected chi connectivity index (χ2v) is 9.07. The summed E-state index contributed by atoms with van der Waals surface area (Å²) in [5, 5.41) is 8.66. The highest BCUT2D eigenvalue weighted by Gasteiger charge is 2.27. The number of carbonyl (C=O) groups excluding carboxylic acids is 1. The van der Waals surface area contributed by atoms with Gasteiger partial charge in [0, 0.05) is 11.1 Å². The molecule has 0 bridgehead atoms. The molecular weight excluding hydrogens is 464 g/mol. The number of thiazole rings is 1. The van der Waals surface area contributed by atoms with Crippen molar-refractivity contribution in [3.63, 3.8) is 0 Å². The Bertz CT molecular complexity index is 1320. The minimum atomic E-state index is -0.271. The molecule has 0 saturated heterocycles. The smallest absolute Gasteiger partial charge is 0.257 e. The third kappa shape index (κ3) is 4.43. The molecule has 1 aliphatic rings. The molecule has 182 valence electrons. The summed E-state index contributed by atoms with van der Waals surface area (Å²) in [6.07, 6.45) is 2.78. The zero-order chi connectivity index (χ0) is 24.4. The number of hydrogen-bond donors (Lipinski definition) is 1. The average Bonchev–Trinajstić information content (AvgIpc) is 3.56. The van der Waals surface area contributed by atoms with Crippen molar-refractivity contribution in [2.45, 2.75) is 40.0 Å². The maximum Gasteiger partial charge on any atom is 0.257 e. The number of nitrogens with zero attached hydrogens (tertiary/aromatic N) is 3. The van der Waals surface area contributed by atoms with Crippen molar-refractivity contribution >= 4 is 33.3 Å². The minimum absolute atomic E-state index is 0.271. The lowest BCUT2D eigenvalue weighted by Gasteiger charge is -2.17. The third-order valence-corrected chi connectivity index (χ3v) is 6.79. The van der Waals surface area contributed by atoms with Gasteiger partial charge in [0.1, 0.15) is 5.82 Å². The SMILES string of the molecule is CCOc1cc(C(=O)Nc2c3c(nn2-c2nc4ccccc4s2)CCC3)cc(OCC)c1OCC. The number of fused-ring (bicyclic) bond motifs is 2. The number of rotatable bonds is 9. The van der Waals surface area contributed by atoms with Crippen LogP contribution in [0.5, 0.6) is 17.2 Å². The third-order valence-electron chi connectivity index (χ3n) is 5.77. The van der Waals surface area contributed by atoms with Crippen LogP contribution in [0.25, 0.3) is 15.3 Å². The molecule has 35 heavy (non-hydrogen) atoms. The van der Waals surface area contributed by atoms with Crippen LogP contribution >= 0.6 is 11.3 Å². The van der Waals surface area contributed by atoms with Gasteiger partial charge in [-0.05, 0) is 64.3 Å². The summed E-state index contributed by atoms with van der Waals surface area (Å²) in [6.45, 7) is 7.02. The summed E-state index contributed by atoms with van der Waals surface area (Å²) in [5.41, 5.74) is 3.41. The monoisotopic (exact) mass is 492 g/mol. The highest BCUT2D eigenvalue weighted by Crippen LogP contribution is 2.40. The number of carbonyl (C=O) groups is 1. The van der Waals surface area contributed by atoms with E-state index in [0.29, 0.717) is 48.5 Å². The first-order valence-electron chi connectivity index (χ1n) is 12.0. The molecule has 5 rings (SSSR count). The van der Waals surface area contributed by atoms with Gasteiger partial charge in [0.05, 0.1) is 35.7 Å². The molecule has 8 nitrogen and oxygen atoms in total. The number of nitrogens with one attached hydrogen (secondary N) is 1. The molecule has 0 spiro atoms. The molecule has 2 aromatic heterocycles. The molecule has 0 aliphatic heterocycles. The summed E-state index contributed by atoms with van der Waals surface area (Å²) in [7, 11) is 0. The lowest BCUT2D eigenvalue weighted by atomic mass is 10.1. The van der Waals surface area contributed by atoms with Crippen LogP contribution in [0.15, 0.2) is 36.4 Å². The normalized spacial score (nSPS) is 12.5. The Balaban J connectivity index is 1.54. The van der Waals surface area contributed by atoms with Gasteiger partial charge in [-0.1, -0.05) is 23.5 Å². The number of hydrogen-bond acceptors (Lipinski definition) is 7. The molecule has 0 fully saturated rings. The summed E-state index contributed by atoms with van der Waals surface area (Å²) in [6, 6.07) is 11.4. The Morgan fingerprint density at radius 1 is 1.03 bits per heavy atom. The van der Waals surface area contributed by atoms with Gasteiger partial charge in [-0.25, -0.2) is 4.98 Å². The van der Waals surface area contributed by atoms with E-state index in [2.05, 4.69) is 5.32 Å². The van der Waals surface area contributed by atoms with Crippen LogP contribution in [0.1, 0.15) is 48.8 Å². The van der Waals surface area contributed by atoms with Gasteiger partial charge in [-0.15, -0.1) is 0 Å². The van der Waals surface area contributed by atoms with Crippen molar-refractivity contribution < 1.29 is 19.0 Å². The summed E-state index contributed by atoms with van der Waals surface area (Å²) in [5.74, 6) is 1.87. The van der Waals surface area contributed by atoms with E-state index >= 15 is 0 Å². The highest BCUT2D eigenvalue weighted by atomic mass is 32.1. The van der Waals surface area contributed by atoms with Crippen LogP contribution in [-0.4, -0.2) is 40.5 Å². The molecule has 4 aromatic rings. The molecule has 2 heterocycles. The molecule has 0 atom stereocenters. The molecule has 1 amide bonds. The van der Waals surface area contributed by atoms with Crippen LogP contribution in [-0.2, 0) is 12.8 Å². The van der Waals surface area contributed by atoms with Gasteiger partial charge in [0.25, 0.3) is 5.91 Å². The van der Waals surface area contributed by atoms with Gasteiger partial charge < -0.3 is 19.5 Å². The van der Waals surface area contributed by atoms with Crippen molar-refractivity contribution in [2.75, 3.05) is 25.1 Å². The number of ether oxygens (including phenoxy) is 3. The Labute approximate surface area is 207 Å². The molecule has 9 heteroatoms. The lowest BCUT2D eigenvalue weighted by molar-refractivity contribution is 0.102. The topological polar surface area (TPSA) is 87.5 Å². The number of para-hydroxylation sites is 1. The fraction of sp³-hybridized carbons (Fsp3) is 0.346. The number of aromatic nitrogens is 3. The van der Waals surface area contributed by atoms with Crippen LogP contribution < -0.4 is 19.5 Å². The minimum Gasteiger partial charge on any atom is -0.490 e. The van der Waals surface area contributed by atoms with Crippen molar-refractivity contribution in [2.24, 2.45) is 0 Å². The first-order chi connectivity index (χ1) is 17.1. The quantitative estimate of drug-likeness (QED) is 0.336. The Morgan fingerprint density at radius 3 is 2.43 bits per heavy atom. The maximum atomic E-state index is 13.5. The number of amides is 1. The molecule has 0 unspecified atom stereocenters. The Hall–Kier alpha value is -3.59. The van der Waals surface area contributed by atoms with Crippen molar-refractivity contribution in [1.82, 2.24) is 14.8 Å². The van der Waals surface area contributed by atoms with Crippen LogP contribution in [0.4, 0.5) is 5.82 Å². The van der Waals surface area contributed by atoms with Crippen LogP contribution in [0, 0.1) is 0 Å².